The summed E-state index contributed by atoms with van der Waals surface area (Å²) in [5.74, 6) is 0.750. The van der Waals surface area contributed by atoms with Crippen molar-refractivity contribution in [2.75, 3.05) is 7.11 Å². The fourth-order valence-electron chi connectivity index (χ4n) is 0.796. The van der Waals surface area contributed by atoms with Crippen molar-refractivity contribution in [1.82, 2.24) is 4.98 Å². The Morgan fingerprint density at radius 2 is 2.00 bits per heavy atom. The summed E-state index contributed by atoms with van der Waals surface area (Å²) in [5, 5.41) is 0. The zero-order valence-corrected chi connectivity index (χ0v) is 9.19. The Bertz CT molecular complexity index is 243. The van der Waals surface area contributed by atoms with Gasteiger partial charge in [-0.25, -0.2) is 0 Å². The number of ether oxygens (including phenoxy) is 1. The molecule has 1 rings (SSSR count). The Morgan fingerprint density at radius 3 is 2.46 bits per heavy atom. The highest BCUT2D eigenvalue weighted by atomic mass is 35.5. The standard InChI is InChI=1S/C8H12N2O.2ClH/c1-6(9)7-3-8(11-2)5-10-4-7;;/h3-6H,9H2,1-2H3;2*1H/t6-;;/m0../s1. The number of pyridine rings is 1. The second-order valence-corrected chi connectivity index (χ2v) is 2.45. The van der Waals surface area contributed by atoms with Crippen molar-refractivity contribution in [3.8, 4) is 5.75 Å². The van der Waals surface area contributed by atoms with E-state index in [1.807, 2.05) is 13.0 Å². The van der Waals surface area contributed by atoms with Crippen molar-refractivity contribution in [1.29, 1.82) is 0 Å². The smallest absolute Gasteiger partial charge is 0.137 e. The summed E-state index contributed by atoms with van der Waals surface area (Å²) >= 11 is 0. The first kappa shape index (κ1) is 15.0. The van der Waals surface area contributed by atoms with E-state index in [2.05, 4.69) is 4.98 Å². The van der Waals surface area contributed by atoms with Crippen LogP contribution in [0.5, 0.6) is 5.75 Å². The Kier molecular flexibility index (Phi) is 8.01. The lowest BCUT2D eigenvalue weighted by Gasteiger charge is -2.05. The van der Waals surface area contributed by atoms with Gasteiger partial charge in [0, 0.05) is 12.2 Å². The highest BCUT2D eigenvalue weighted by Crippen LogP contribution is 2.14. The molecule has 0 fully saturated rings. The lowest BCUT2D eigenvalue weighted by Crippen LogP contribution is -2.05. The van der Waals surface area contributed by atoms with Crippen LogP contribution in [0.3, 0.4) is 0 Å². The summed E-state index contributed by atoms with van der Waals surface area (Å²) in [6.45, 7) is 1.91. The maximum atomic E-state index is 5.64. The molecule has 0 saturated carbocycles. The van der Waals surface area contributed by atoms with Gasteiger partial charge in [0.2, 0.25) is 0 Å². The van der Waals surface area contributed by atoms with Gasteiger partial charge in [0.25, 0.3) is 0 Å². The molecule has 0 aliphatic heterocycles. The van der Waals surface area contributed by atoms with Gasteiger partial charge in [-0.15, -0.1) is 24.8 Å². The quantitative estimate of drug-likeness (QED) is 0.836. The number of nitrogens with zero attached hydrogens (tertiary/aromatic N) is 1. The average Bonchev–Trinajstić information content (AvgIpc) is 2.05. The van der Waals surface area contributed by atoms with E-state index < -0.39 is 0 Å². The van der Waals surface area contributed by atoms with Crippen LogP contribution in [-0.2, 0) is 0 Å². The number of methoxy groups -OCH3 is 1. The third-order valence-electron chi connectivity index (χ3n) is 1.50. The van der Waals surface area contributed by atoms with E-state index in [9.17, 15) is 0 Å². The van der Waals surface area contributed by atoms with E-state index in [0.29, 0.717) is 0 Å². The summed E-state index contributed by atoms with van der Waals surface area (Å²) < 4.78 is 4.99. The molecule has 1 atom stereocenters. The minimum Gasteiger partial charge on any atom is -0.495 e. The number of rotatable bonds is 2. The lowest BCUT2D eigenvalue weighted by molar-refractivity contribution is 0.412. The van der Waals surface area contributed by atoms with E-state index in [1.54, 1.807) is 19.5 Å². The van der Waals surface area contributed by atoms with Gasteiger partial charge in [-0.2, -0.15) is 0 Å². The van der Waals surface area contributed by atoms with Crippen LogP contribution in [0, 0.1) is 0 Å². The Morgan fingerprint density at radius 1 is 1.38 bits per heavy atom. The van der Waals surface area contributed by atoms with E-state index in [4.69, 9.17) is 10.5 Å². The van der Waals surface area contributed by atoms with E-state index in [-0.39, 0.29) is 30.9 Å². The van der Waals surface area contributed by atoms with Gasteiger partial charge >= 0.3 is 0 Å². The zero-order valence-electron chi connectivity index (χ0n) is 7.56. The normalized spacial score (nSPS) is 10.7. The molecule has 13 heavy (non-hydrogen) atoms. The molecule has 0 aliphatic carbocycles. The van der Waals surface area contributed by atoms with Crippen molar-refractivity contribution in [3.05, 3.63) is 24.0 Å². The molecule has 5 heteroatoms. The summed E-state index contributed by atoms with van der Waals surface area (Å²) in [4.78, 5) is 3.97. The molecule has 1 aromatic heterocycles. The molecule has 1 aromatic rings. The highest BCUT2D eigenvalue weighted by molar-refractivity contribution is 5.85. The fourth-order valence-corrected chi connectivity index (χ4v) is 0.796. The van der Waals surface area contributed by atoms with E-state index in [0.717, 1.165) is 11.3 Å². The number of hydrogen-bond acceptors (Lipinski definition) is 3. The molecule has 0 aliphatic rings. The average molecular weight is 225 g/mol. The van der Waals surface area contributed by atoms with Gasteiger partial charge in [-0.3, -0.25) is 4.98 Å². The molecule has 0 saturated heterocycles. The number of halogens is 2. The summed E-state index contributed by atoms with van der Waals surface area (Å²) in [5.41, 5.74) is 6.63. The van der Waals surface area contributed by atoms with Gasteiger partial charge in [-0.05, 0) is 18.6 Å². The van der Waals surface area contributed by atoms with E-state index in [1.165, 1.54) is 0 Å². The molecular weight excluding hydrogens is 211 g/mol. The molecule has 0 spiro atoms. The largest absolute Gasteiger partial charge is 0.495 e. The number of hydrogen-bond donors (Lipinski definition) is 1. The molecule has 1 heterocycles. The third kappa shape index (κ3) is 4.31. The minimum absolute atomic E-state index is 0. The molecule has 0 bridgehead atoms. The summed E-state index contributed by atoms with van der Waals surface area (Å²) in [7, 11) is 1.61. The Balaban J connectivity index is 0. The first-order valence-electron chi connectivity index (χ1n) is 3.48. The maximum Gasteiger partial charge on any atom is 0.137 e. The van der Waals surface area contributed by atoms with Gasteiger partial charge in [0.15, 0.2) is 0 Å². The highest BCUT2D eigenvalue weighted by Gasteiger charge is 2.00. The second-order valence-electron chi connectivity index (χ2n) is 2.45. The van der Waals surface area contributed by atoms with E-state index >= 15 is 0 Å². The van der Waals surface area contributed by atoms with Crippen molar-refractivity contribution in [3.63, 3.8) is 0 Å². The monoisotopic (exact) mass is 224 g/mol. The van der Waals surface area contributed by atoms with Crippen LogP contribution in [0.15, 0.2) is 18.5 Å². The predicted molar refractivity (Wildman–Crippen MR) is 57.9 cm³/mol. The fraction of sp³-hybridized carbons (Fsp3) is 0.375. The molecule has 2 N–H and O–H groups in total. The Labute approximate surface area is 90.5 Å². The van der Waals surface area contributed by atoms with Gasteiger partial charge in [0.1, 0.15) is 5.75 Å². The van der Waals surface area contributed by atoms with Gasteiger partial charge in [0.05, 0.1) is 13.3 Å². The summed E-state index contributed by atoms with van der Waals surface area (Å²) in [6.07, 6.45) is 3.40. The molecule has 0 unspecified atom stereocenters. The van der Waals surface area contributed by atoms with Gasteiger partial charge < -0.3 is 10.5 Å². The van der Waals surface area contributed by atoms with Crippen LogP contribution in [0.4, 0.5) is 0 Å². The van der Waals surface area contributed by atoms with Crippen molar-refractivity contribution in [2.24, 2.45) is 5.73 Å². The zero-order chi connectivity index (χ0) is 8.27. The topological polar surface area (TPSA) is 48.1 Å². The summed E-state index contributed by atoms with van der Waals surface area (Å²) in [6, 6.07) is 1.90. The van der Waals surface area contributed by atoms with Crippen molar-refractivity contribution < 1.29 is 4.74 Å². The lowest BCUT2D eigenvalue weighted by atomic mass is 10.1. The van der Waals surface area contributed by atoms with Crippen molar-refractivity contribution >= 4 is 24.8 Å². The molecule has 0 aromatic carbocycles. The van der Waals surface area contributed by atoms with Crippen LogP contribution in [0.2, 0.25) is 0 Å². The molecule has 76 valence electrons. The predicted octanol–water partition coefficient (Wildman–Crippen LogP) is 1.95. The number of nitrogens with two attached hydrogens (primary N) is 1. The number of aromatic nitrogens is 1. The van der Waals surface area contributed by atoms with Crippen LogP contribution in [0.1, 0.15) is 18.5 Å². The molecular formula is C8H14Cl2N2O. The van der Waals surface area contributed by atoms with Crippen LogP contribution in [0.25, 0.3) is 0 Å². The molecule has 0 radical (unpaired) electrons. The molecule has 3 nitrogen and oxygen atoms in total. The van der Waals surface area contributed by atoms with Gasteiger partial charge in [-0.1, -0.05) is 0 Å². The minimum atomic E-state index is 0. The SMILES string of the molecule is COc1cncc([C@H](C)N)c1.Cl.Cl. The molecule has 0 amide bonds. The van der Waals surface area contributed by atoms with Crippen LogP contribution >= 0.6 is 24.8 Å². The van der Waals surface area contributed by atoms with Crippen LogP contribution < -0.4 is 10.5 Å². The Hall–Kier alpha value is -0.510. The first-order valence-corrected chi connectivity index (χ1v) is 3.48. The van der Waals surface area contributed by atoms with Crippen molar-refractivity contribution in [2.45, 2.75) is 13.0 Å². The third-order valence-corrected chi connectivity index (χ3v) is 1.50. The first-order chi connectivity index (χ1) is 5.24. The second kappa shape index (κ2) is 6.95. The maximum absolute atomic E-state index is 5.64. The van der Waals surface area contributed by atoms with Crippen LogP contribution in [-0.4, -0.2) is 12.1 Å².